The van der Waals surface area contributed by atoms with E-state index in [4.69, 9.17) is 0 Å². The molecular formula is C39H75NO4. The van der Waals surface area contributed by atoms with Gasteiger partial charge in [-0.3, -0.25) is 4.79 Å². The van der Waals surface area contributed by atoms with Crippen LogP contribution in [-0.4, -0.2) is 46.1 Å². The molecule has 44 heavy (non-hydrogen) atoms. The lowest BCUT2D eigenvalue weighted by atomic mass is 10.0. The molecule has 0 radical (unpaired) electrons. The number of allylic oxidation sites excluding steroid dienone is 4. The SMILES string of the molecule is CCCCCCCC/C=C\CCCCCCCCCC(=O)NC(CO)C(O)C(O)CCC/C=C/CCCCCCCCCC. The fourth-order valence-electron chi connectivity index (χ4n) is 5.74. The predicted molar refractivity (Wildman–Crippen MR) is 190 cm³/mol. The van der Waals surface area contributed by atoms with E-state index in [-0.39, 0.29) is 12.5 Å². The van der Waals surface area contributed by atoms with Crippen molar-refractivity contribution in [1.29, 1.82) is 0 Å². The van der Waals surface area contributed by atoms with Crippen LogP contribution in [0.5, 0.6) is 0 Å². The number of aliphatic hydroxyl groups is 3. The van der Waals surface area contributed by atoms with Crippen molar-refractivity contribution in [1.82, 2.24) is 5.32 Å². The van der Waals surface area contributed by atoms with Crippen molar-refractivity contribution in [3.63, 3.8) is 0 Å². The second kappa shape index (κ2) is 34.7. The molecule has 0 heterocycles. The summed E-state index contributed by atoms with van der Waals surface area (Å²) in [4.78, 5) is 12.4. The van der Waals surface area contributed by atoms with Crippen LogP contribution in [0.4, 0.5) is 0 Å². The number of carbonyl (C=O) groups excluding carboxylic acids is 1. The molecule has 3 unspecified atom stereocenters. The molecule has 4 N–H and O–H groups in total. The zero-order valence-corrected chi connectivity index (χ0v) is 29.3. The van der Waals surface area contributed by atoms with E-state index in [0.29, 0.717) is 12.8 Å². The van der Waals surface area contributed by atoms with Crippen LogP contribution < -0.4 is 5.32 Å². The van der Waals surface area contributed by atoms with E-state index in [2.05, 4.69) is 43.5 Å². The number of aliphatic hydroxyl groups excluding tert-OH is 3. The number of nitrogens with one attached hydrogen (secondary N) is 1. The summed E-state index contributed by atoms with van der Waals surface area (Å²) in [5.41, 5.74) is 0. The van der Waals surface area contributed by atoms with E-state index < -0.39 is 18.2 Å². The van der Waals surface area contributed by atoms with Crippen molar-refractivity contribution in [3.05, 3.63) is 24.3 Å². The van der Waals surface area contributed by atoms with Gasteiger partial charge in [0.25, 0.3) is 0 Å². The minimum absolute atomic E-state index is 0.160. The number of carbonyl (C=O) groups is 1. The smallest absolute Gasteiger partial charge is 0.220 e. The Kier molecular flexibility index (Phi) is 33.8. The molecule has 0 saturated carbocycles. The fourth-order valence-corrected chi connectivity index (χ4v) is 5.74. The van der Waals surface area contributed by atoms with Crippen molar-refractivity contribution < 1.29 is 20.1 Å². The number of unbranched alkanes of at least 4 members (excludes halogenated alkanes) is 22. The van der Waals surface area contributed by atoms with Gasteiger partial charge in [0.05, 0.1) is 18.8 Å². The molecule has 0 rings (SSSR count). The van der Waals surface area contributed by atoms with Crippen molar-refractivity contribution in [3.8, 4) is 0 Å². The highest BCUT2D eigenvalue weighted by Gasteiger charge is 2.26. The molecule has 0 aromatic heterocycles. The molecule has 5 heteroatoms. The van der Waals surface area contributed by atoms with E-state index >= 15 is 0 Å². The fraction of sp³-hybridized carbons (Fsp3) is 0.872. The van der Waals surface area contributed by atoms with Crippen LogP contribution >= 0.6 is 0 Å². The average Bonchev–Trinajstić information content (AvgIpc) is 3.03. The monoisotopic (exact) mass is 622 g/mol. The van der Waals surface area contributed by atoms with Gasteiger partial charge in [0.15, 0.2) is 0 Å². The first-order chi connectivity index (χ1) is 21.6. The number of rotatable bonds is 34. The summed E-state index contributed by atoms with van der Waals surface area (Å²) < 4.78 is 0. The third-order valence-electron chi connectivity index (χ3n) is 8.78. The third kappa shape index (κ3) is 29.5. The lowest BCUT2D eigenvalue weighted by molar-refractivity contribution is -0.124. The Morgan fingerprint density at radius 2 is 0.909 bits per heavy atom. The Bertz CT molecular complexity index is 650. The number of hydrogen-bond acceptors (Lipinski definition) is 4. The average molecular weight is 622 g/mol. The van der Waals surface area contributed by atoms with Crippen LogP contribution in [0.25, 0.3) is 0 Å². The van der Waals surface area contributed by atoms with Crippen LogP contribution in [0.1, 0.15) is 194 Å². The molecule has 0 aromatic rings. The maximum absolute atomic E-state index is 12.4. The molecule has 0 aromatic carbocycles. The van der Waals surface area contributed by atoms with Crippen LogP contribution in [0.3, 0.4) is 0 Å². The van der Waals surface area contributed by atoms with Gasteiger partial charge in [-0.25, -0.2) is 0 Å². The molecule has 0 fully saturated rings. The minimum atomic E-state index is -1.16. The molecule has 3 atom stereocenters. The Hall–Kier alpha value is -1.17. The van der Waals surface area contributed by atoms with Crippen molar-refractivity contribution in [2.24, 2.45) is 0 Å². The molecule has 260 valence electrons. The maximum atomic E-state index is 12.4. The lowest BCUT2D eigenvalue weighted by Crippen LogP contribution is -2.50. The Labute approximate surface area is 273 Å². The highest BCUT2D eigenvalue weighted by atomic mass is 16.3. The summed E-state index contributed by atoms with van der Waals surface area (Å²) >= 11 is 0. The van der Waals surface area contributed by atoms with Crippen molar-refractivity contribution in [2.75, 3.05) is 6.61 Å². The molecule has 5 nitrogen and oxygen atoms in total. The summed E-state index contributed by atoms with van der Waals surface area (Å²) in [6.07, 6.45) is 39.8. The first-order valence-corrected chi connectivity index (χ1v) is 19.1. The third-order valence-corrected chi connectivity index (χ3v) is 8.78. The lowest BCUT2D eigenvalue weighted by Gasteiger charge is -2.26. The zero-order chi connectivity index (χ0) is 32.4. The van der Waals surface area contributed by atoms with Gasteiger partial charge in [-0.1, -0.05) is 147 Å². The summed E-state index contributed by atoms with van der Waals surface area (Å²) in [5, 5.41) is 33.3. The highest BCUT2D eigenvalue weighted by Crippen LogP contribution is 2.14. The van der Waals surface area contributed by atoms with Gasteiger partial charge in [-0.2, -0.15) is 0 Å². The second-order valence-corrected chi connectivity index (χ2v) is 13.1. The van der Waals surface area contributed by atoms with E-state index in [1.54, 1.807) is 0 Å². The summed E-state index contributed by atoms with van der Waals surface area (Å²) in [7, 11) is 0. The maximum Gasteiger partial charge on any atom is 0.220 e. The zero-order valence-electron chi connectivity index (χ0n) is 29.3. The normalized spacial score (nSPS) is 14.0. The highest BCUT2D eigenvalue weighted by molar-refractivity contribution is 5.76. The molecule has 0 bridgehead atoms. The summed E-state index contributed by atoms with van der Waals surface area (Å²) in [6.45, 7) is 4.14. The van der Waals surface area contributed by atoms with E-state index in [9.17, 15) is 20.1 Å². The topological polar surface area (TPSA) is 89.8 Å². The Balaban J connectivity index is 3.72. The van der Waals surface area contributed by atoms with Crippen molar-refractivity contribution >= 4 is 5.91 Å². The number of hydrogen-bond donors (Lipinski definition) is 4. The van der Waals surface area contributed by atoms with Gasteiger partial charge in [0, 0.05) is 6.42 Å². The number of amides is 1. The Morgan fingerprint density at radius 1 is 0.545 bits per heavy atom. The quantitative estimate of drug-likeness (QED) is 0.0425. The molecule has 0 aliphatic carbocycles. The second-order valence-electron chi connectivity index (χ2n) is 13.1. The molecule has 1 amide bonds. The van der Waals surface area contributed by atoms with Crippen LogP contribution in [0.2, 0.25) is 0 Å². The first kappa shape index (κ1) is 42.8. The van der Waals surface area contributed by atoms with E-state index in [1.807, 2.05) is 0 Å². The van der Waals surface area contributed by atoms with Gasteiger partial charge >= 0.3 is 0 Å². The predicted octanol–water partition coefficient (Wildman–Crippen LogP) is 10.3. The van der Waals surface area contributed by atoms with E-state index in [0.717, 1.165) is 38.5 Å². The summed E-state index contributed by atoms with van der Waals surface area (Å²) in [5.74, 6) is -0.160. The molecule has 0 spiro atoms. The van der Waals surface area contributed by atoms with Crippen LogP contribution in [0.15, 0.2) is 24.3 Å². The van der Waals surface area contributed by atoms with Gasteiger partial charge in [0.1, 0.15) is 6.10 Å². The molecule has 0 aliphatic rings. The largest absolute Gasteiger partial charge is 0.394 e. The molecule has 0 saturated heterocycles. The first-order valence-electron chi connectivity index (χ1n) is 19.1. The van der Waals surface area contributed by atoms with Crippen LogP contribution in [0, 0.1) is 0 Å². The van der Waals surface area contributed by atoms with Crippen molar-refractivity contribution in [2.45, 2.75) is 212 Å². The summed E-state index contributed by atoms with van der Waals surface area (Å²) in [6, 6.07) is -0.824. The van der Waals surface area contributed by atoms with Gasteiger partial charge in [-0.05, 0) is 64.2 Å². The molecule has 0 aliphatic heterocycles. The standard InChI is InChI=1S/C39H75NO4/c1-3-5-7-9-11-13-15-17-18-19-20-22-24-26-28-30-32-34-38(43)40-36(35-41)39(44)37(42)33-31-29-27-25-23-21-16-14-12-10-8-6-4-2/h17-18,25,27,36-37,39,41-42,44H,3-16,19-24,26,28-35H2,1-2H3,(H,40,43)/b18-17-,27-25+. The van der Waals surface area contributed by atoms with Gasteiger partial charge in [-0.15, -0.1) is 0 Å². The minimum Gasteiger partial charge on any atom is -0.394 e. The van der Waals surface area contributed by atoms with Gasteiger partial charge in [0.2, 0.25) is 5.91 Å². The van der Waals surface area contributed by atoms with E-state index in [1.165, 1.54) is 128 Å². The Morgan fingerprint density at radius 3 is 1.32 bits per heavy atom. The molecular weight excluding hydrogens is 546 g/mol. The van der Waals surface area contributed by atoms with Gasteiger partial charge < -0.3 is 20.6 Å². The van der Waals surface area contributed by atoms with Crippen LogP contribution in [-0.2, 0) is 4.79 Å².